The van der Waals surface area contributed by atoms with Gasteiger partial charge in [-0.15, -0.1) is 0 Å². The third-order valence-corrected chi connectivity index (χ3v) is 4.60. The van der Waals surface area contributed by atoms with Crippen molar-refractivity contribution in [2.75, 3.05) is 5.73 Å². The van der Waals surface area contributed by atoms with Gasteiger partial charge in [0.25, 0.3) is 0 Å². The van der Waals surface area contributed by atoms with E-state index in [1.807, 2.05) is 0 Å². The van der Waals surface area contributed by atoms with E-state index in [-0.39, 0.29) is 34.7 Å². The van der Waals surface area contributed by atoms with E-state index in [4.69, 9.17) is 10.2 Å². The standard InChI is InChI=1S/C20H14F3NO3/c21-20(22,23)16-8-12(26)7-15-14(16)9-13(10-1-3-11(25)4-2-10)18(15)19-17(24)5-6-27-19/h1-8,25-26H,9,24H2. The number of anilines is 1. The van der Waals surface area contributed by atoms with E-state index in [1.54, 1.807) is 12.1 Å². The van der Waals surface area contributed by atoms with Crippen LogP contribution in [0, 0.1) is 0 Å². The molecule has 0 aliphatic heterocycles. The molecule has 1 aromatic heterocycles. The predicted molar refractivity (Wildman–Crippen MR) is 94.0 cm³/mol. The normalized spacial score (nSPS) is 13.9. The summed E-state index contributed by atoms with van der Waals surface area (Å²) < 4.78 is 46.1. The van der Waals surface area contributed by atoms with E-state index in [0.29, 0.717) is 16.7 Å². The van der Waals surface area contributed by atoms with E-state index in [1.165, 1.54) is 30.5 Å². The summed E-state index contributed by atoms with van der Waals surface area (Å²) >= 11 is 0. The average Bonchev–Trinajstić information content (AvgIpc) is 3.17. The van der Waals surface area contributed by atoms with Crippen LogP contribution in [0.1, 0.15) is 28.0 Å². The Balaban J connectivity index is 2.01. The summed E-state index contributed by atoms with van der Waals surface area (Å²) in [6.45, 7) is 0. The number of furan rings is 1. The van der Waals surface area contributed by atoms with Crippen LogP contribution in [0.3, 0.4) is 0 Å². The van der Waals surface area contributed by atoms with Gasteiger partial charge in [-0.1, -0.05) is 12.1 Å². The number of aromatic hydroxyl groups is 2. The summed E-state index contributed by atoms with van der Waals surface area (Å²) in [6, 6.07) is 9.66. The van der Waals surface area contributed by atoms with Gasteiger partial charge in [-0.2, -0.15) is 13.2 Å². The Morgan fingerprint density at radius 3 is 2.26 bits per heavy atom. The lowest BCUT2D eigenvalue weighted by molar-refractivity contribution is -0.138. The molecule has 138 valence electrons. The fourth-order valence-electron chi connectivity index (χ4n) is 3.44. The van der Waals surface area contributed by atoms with Gasteiger partial charge in [0.15, 0.2) is 5.76 Å². The topological polar surface area (TPSA) is 79.6 Å². The molecule has 2 aromatic carbocycles. The molecule has 1 aliphatic carbocycles. The monoisotopic (exact) mass is 373 g/mol. The van der Waals surface area contributed by atoms with Crippen molar-refractivity contribution in [3.63, 3.8) is 0 Å². The fraction of sp³-hybridized carbons (Fsp3) is 0.100. The molecular weight excluding hydrogens is 359 g/mol. The van der Waals surface area contributed by atoms with Gasteiger partial charge in [0.1, 0.15) is 11.5 Å². The summed E-state index contributed by atoms with van der Waals surface area (Å²) in [5, 5.41) is 19.4. The van der Waals surface area contributed by atoms with Crippen LogP contribution < -0.4 is 5.73 Å². The van der Waals surface area contributed by atoms with Crippen LogP contribution in [0.5, 0.6) is 11.5 Å². The Morgan fingerprint density at radius 2 is 1.67 bits per heavy atom. The number of alkyl halides is 3. The first-order chi connectivity index (χ1) is 12.8. The van der Waals surface area contributed by atoms with Crippen LogP contribution in [-0.2, 0) is 12.6 Å². The molecule has 0 bridgehead atoms. The lowest BCUT2D eigenvalue weighted by Crippen LogP contribution is -2.09. The summed E-state index contributed by atoms with van der Waals surface area (Å²) in [4.78, 5) is 0. The van der Waals surface area contributed by atoms with E-state index in [9.17, 15) is 23.4 Å². The Morgan fingerprint density at radius 1 is 0.963 bits per heavy atom. The first-order valence-corrected chi connectivity index (χ1v) is 8.05. The minimum atomic E-state index is -4.62. The number of nitrogens with two attached hydrogens (primary N) is 1. The Labute approximate surface area is 152 Å². The molecule has 0 fully saturated rings. The lowest BCUT2D eigenvalue weighted by atomic mass is 9.97. The second-order valence-electron chi connectivity index (χ2n) is 6.30. The highest BCUT2D eigenvalue weighted by atomic mass is 19.4. The molecule has 4 nitrogen and oxygen atoms in total. The maximum atomic E-state index is 13.5. The summed E-state index contributed by atoms with van der Waals surface area (Å²) in [6.07, 6.45) is -3.27. The molecule has 27 heavy (non-hydrogen) atoms. The van der Waals surface area contributed by atoms with Crippen molar-refractivity contribution in [3.05, 3.63) is 76.7 Å². The van der Waals surface area contributed by atoms with E-state index < -0.39 is 17.5 Å². The molecule has 3 aromatic rings. The van der Waals surface area contributed by atoms with Gasteiger partial charge < -0.3 is 20.4 Å². The van der Waals surface area contributed by atoms with Crippen LogP contribution in [0.2, 0.25) is 0 Å². The molecule has 1 aliphatic rings. The number of hydrogen-bond acceptors (Lipinski definition) is 4. The zero-order valence-corrected chi connectivity index (χ0v) is 13.8. The minimum absolute atomic E-state index is 0.00922. The number of phenols is 2. The van der Waals surface area contributed by atoms with Crippen molar-refractivity contribution >= 4 is 16.8 Å². The van der Waals surface area contributed by atoms with Crippen LogP contribution in [0.15, 0.2) is 53.1 Å². The fourth-order valence-corrected chi connectivity index (χ4v) is 3.44. The van der Waals surface area contributed by atoms with E-state index >= 15 is 0 Å². The summed E-state index contributed by atoms with van der Waals surface area (Å²) in [5.41, 5.74) is 7.22. The third kappa shape index (κ3) is 2.81. The number of nitrogen functional groups attached to an aromatic ring is 1. The summed E-state index contributed by atoms with van der Waals surface area (Å²) in [7, 11) is 0. The molecular formula is C20H14F3NO3. The Bertz CT molecular complexity index is 1060. The zero-order valence-electron chi connectivity index (χ0n) is 13.8. The number of hydrogen-bond donors (Lipinski definition) is 3. The first-order valence-electron chi connectivity index (χ1n) is 8.05. The molecule has 4 rings (SSSR count). The van der Waals surface area contributed by atoms with E-state index in [0.717, 1.165) is 6.07 Å². The Kier molecular flexibility index (Phi) is 3.69. The predicted octanol–water partition coefficient (Wildman–Crippen LogP) is 4.81. The second-order valence-corrected chi connectivity index (χ2v) is 6.30. The average molecular weight is 373 g/mol. The molecule has 0 spiro atoms. The number of fused-ring (bicyclic) bond motifs is 1. The molecule has 0 saturated carbocycles. The minimum Gasteiger partial charge on any atom is -0.508 e. The van der Waals surface area contributed by atoms with Gasteiger partial charge in [0.2, 0.25) is 0 Å². The van der Waals surface area contributed by atoms with Crippen molar-refractivity contribution in [1.82, 2.24) is 0 Å². The second kappa shape index (κ2) is 5.84. The highest BCUT2D eigenvalue weighted by molar-refractivity contribution is 6.05. The molecule has 0 saturated heterocycles. The van der Waals surface area contributed by atoms with Crippen LogP contribution in [0.25, 0.3) is 11.1 Å². The molecule has 1 heterocycles. The molecule has 0 unspecified atom stereocenters. The van der Waals surface area contributed by atoms with Crippen LogP contribution in [0.4, 0.5) is 18.9 Å². The highest BCUT2D eigenvalue weighted by Crippen LogP contribution is 2.49. The number of phenolic OH excluding ortho intramolecular Hbond substituents is 2. The number of benzene rings is 2. The van der Waals surface area contributed by atoms with Crippen molar-refractivity contribution in [2.45, 2.75) is 12.6 Å². The maximum Gasteiger partial charge on any atom is 0.416 e. The molecule has 0 radical (unpaired) electrons. The van der Waals surface area contributed by atoms with Crippen molar-refractivity contribution < 1.29 is 27.8 Å². The van der Waals surface area contributed by atoms with Crippen molar-refractivity contribution in [3.8, 4) is 11.5 Å². The van der Waals surface area contributed by atoms with Gasteiger partial charge in [-0.3, -0.25) is 0 Å². The van der Waals surface area contributed by atoms with Gasteiger partial charge in [-0.25, -0.2) is 0 Å². The smallest absolute Gasteiger partial charge is 0.416 e. The number of rotatable bonds is 2. The van der Waals surface area contributed by atoms with Gasteiger partial charge in [0, 0.05) is 18.1 Å². The molecule has 0 amide bonds. The maximum absolute atomic E-state index is 13.5. The van der Waals surface area contributed by atoms with Gasteiger partial charge >= 0.3 is 6.18 Å². The third-order valence-electron chi connectivity index (χ3n) is 4.60. The van der Waals surface area contributed by atoms with Crippen LogP contribution in [-0.4, -0.2) is 10.2 Å². The molecule has 7 heteroatoms. The quantitative estimate of drug-likeness (QED) is 0.602. The van der Waals surface area contributed by atoms with Gasteiger partial charge in [0.05, 0.1) is 17.5 Å². The highest BCUT2D eigenvalue weighted by Gasteiger charge is 2.39. The zero-order chi connectivity index (χ0) is 19.3. The van der Waals surface area contributed by atoms with Crippen molar-refractivity contribution in [2.24, 2.45) is 0 Å². The molecule has 4 N–H and O–H groups in total. The van der Waals surface area contributed by atoms with Crippen LogP contribution >= 0.6 is 0 Å². The Hall–Kier alpha value is -3.35. The summed E-state index contributed by atoms with van der Waals surface area (Å²) in [5.74, 6) is -0.200. The number of allylic oxidation sites excluding steroid dienone is 1. The van der Waals surface area contributed by atoms with Crippen molar-refractivity contribution in [1.29, 1.82) is 0 Å². The lowest BCUT2D eigenvalue weighted by Gasteiger charge is -2.13. The van der Waals surface area contributed by atoms with E-state index in [2.05, 4.69) is 0 Å². The largest absolute Gasteiger partial charge is 0.508 e. The first kappa shape index (κ1) is 17.1. The molecule has 0 atom stereocenters. The number of halogens is 3. The van der Waals surface area contributed by atoms with Gasteiger partial charge in [-0.05, 0) is 46.5 Å². The SMILES string of the molecule is Nc1ccoc1C1=C(c2ccc(O)cc2)Cc2c1cc(O)cc2C(F)(F)F.